The summed E-state index contributed by atoms with van der Waals surface area (Å²) >= 11 is 0. The second-order valence-corrected chi connectivity index (χ2v) is 17.4. The summed E-state index contributed by atoms with van der Waals surface area (Å²) in [6.45, 7) is 8.15. The molecule has 2 bridgehead atoms. The number of nitrogens with one attached hydrogen (secondary N) is 1. The van der Waals surface area contributed by atoms with Gasteiger partial charge in [-0.25, -0.2) is 13.1 Å². The Labute approximate surface area is 286 Å². The highest BCUT2D eigenvalue weighted by molar-refractivity contribution is 7.90. The zero-order valence-corrected chi connectivity index (χ0v) is 29.1. The number of aryl methyl sites for hydroxylation is 1. The number of benzene rings is 2. The molecular weight excluding hydrogens is 621 g/mol. The van der Waals surface area contributed by atoms with Gasteiger partial charge in [-0.15, -0.1) is 0 Å². The van der Waals surface area contributed by atoms with E-state index in [9.17, 15) is 13.2 Å². The molecule has 5 atom stereocenters. The van der Waals surface area contributed by atoms with Crippen molar-refractivity contribution in [2.24, 2.45) is 17.8 Å². The standard InChI is InChI=1S/C39H52N4O4S/c44-38-30-15-17-37-36(23-30)43(27-39(28-47-37)18-8-11-29-9-3-4-13-35(29)39)25-32-14-16-34(32)31(10-2-1-7-22-48(45,46)40-38)24-41-20-21-42-19-6-5-12-33(42)26-41/h2-4,9-10,13,15,17,23,31-34H,1,5-8,11-12,14,16,18-22,24-28H2,(H,40,44)/t31?,32?,33-,34?,39?/m1/s1. The summed E-state index contributed by atoms with van der Waals surface area (Å²) in [6.07, 6.45) is 15.6. The fourth-order valence-corrected chi connectivity index (χ4v) is 10.9. The monoisotopic (exact) mass is 672 g/mol. The Bertz CT molecular complexity index is 1640. The first-order valence-electron chi connectivity index (χ1n) is 18.6. The molecular formula is C39H52N4O4S. The van der Waals surface area contributed by atoms with Crippen molar-refractivity contribution in [2.45, 2.75) is 75.7 Å². The van der Waals surface area contributed by atoms with Gasteiger partial charge in [0.15, 0.2) is 0 Å². The number of anilines is 1. The third-order valence-electron chi connectivity index (χ3n) is 12.5. The maximum atomic E-state index is 13.3. The lowest BCUT2D eigenvalue weighted by Crippen LogP contribution is -2.56. The van der Waals surface area contributed by atoms with Crippen LogP contribution in [0.3, 0.4) is 0 Å². The van der Waals surface area contributed by atoms with Crippen molar-refractivity contribution in [3.8, 4) is 5.75 Å². The molecule has 2 aliphatic carbocycles. The van der Waals surface area contributed by atoms with Crippen LogP contribution in [0.15, 0.2) is 54.6 Å². The second-order valence-electron chi connectivity index (χ2n) is 15.6. The number of carbonyl (C=O) groups excluding carboxylic acids is 1. The van der Waals surface area contributed by atoms with Gasteiger partial charge < -0.3 is 9.64 Å². The van der Waals surface area contributed by atoms with Crippen LogP contribution in [0.4, 0.5) is 5.69 Å². The lowest BCUT2D eigenvalue weighted by Gasteiger charge is -2.48. The number of hydrogen-bond acceptors (Lipinski definition) is 7. The normalized spacial score (nSPS) is 32.5. The molecule has 8 rings (SSSR count). The van der Waals surface area contributed by atoms with Gasteiger partial charge in [0.25, 0.3) is 5.91 Å². The summed E-state index contributed by atoms with van der Waals surface area (Å²) in [4.78, 5) is 21.3. The van der Waals surface area contributed by atoms with E-state index in [1.807, 2.05) is 12.1 Å². The van der Waals surface area contributed by atoms with Gasteiger partial charge in [-0.3, -0.25) is 14.6 Å². The molecule has 0 aromatic heterocycles. The Balaban J connectivity index is 1.12. The van der Waals surface area contributed by atoms with Gasteiger partial charge in [-0.2, -0.15) is 0 Å². The van der Waals surface area contributed by atoms with Crippen LogP contribution in [-0.4, -0.2) is 88.3 Å². The van der Waals surface area contributed by atoms with Crippen molar-refractivity contribution in [3.63, 3.8) is 0 Å². The molecule has 0 radical (unpaired) electrons. The van der Waals surface area contributed by atoms with Crippen LogP contribution in [0.2, 0.25) is 0 Å². The van der Waals surface area contributed by atoms with E-state index in [2.05, 4.69) is 55.8 Å². The lowest BCUT2D eigenvalue weighted by molar-refractivity contribution is 0.0282. The lowest BCUT2D eigenvalue weighted by atomic mass is 9.65. The van der Waals surface area contributed by atoms with Gasteiger partial charge in [0, 0.05) is 56.3 Å². The Morgan fingerprint density at radius 3 is 2.77 bits per heavy atom. The van der Waals surface area contributed by atoms with Crippen molar-refractivity contribution < 1.29 is 17.9 Å². The second kappa shape index (κ2) is 13.4. The molecule has 4 unspecified atom stereocenters. The topological polar surface area (TPSA) is 82.2 Å². The molecule has 2 aromatic carbocycles. The minimum absolute atomic E-state index is 0.0639. The Morgan fingerprint density at radius 2 is 1.88 bits per heavy atom. The van der Waals surface area contributed by atoms with E-state index in [1.165, 1.54) is 62.9 Å². The summed E-state index contributed by atoms with van der Waals surface area (Å²) in [7, 11) is -3.75. The van der Waals surface area contributed by atoms with Crippen LogP contribution < -0.4 is 14.4 Å². The zero-order valence-electron chi connectivity index (χ0n) is 28.3. The zero-order chi connectivity index (χ0) is 32.7. The van der Waals surface area contributed by atoms with Gasteiger partial charge in [-0.05, 0) is 111 Å². The summed E-state index contributed by atoms with van der Waals surface area (Å²) in [5, 5.41) is 0. The third-order valence-corrected chi connectivity index (χ3v) is 13.9. The molecule has 2 aromatic rings. The summed E-state index contributed by atoms with van der Waals surface area (Å²) in [5.74, 6) is 1.72. The van der Waals surface area contributed by atoms with Crippen LogP contribution in [0.5, 0.6) is 5.75 Å². The Morgan fingerprint density at radius 1 is 0.958 bits per heavy atom. The molecule has 1 saturated carbocycles. The van der Waals surface area contributed by atoms with Gasteiger partial charge >= 0.3 is 0 Å². The molecule has 1 N–H and O–H groups in total. The minimum Gasteiger partial charge on any atom is -0.490 e. The largest absolute Gasteiger partial charge is 0.490 e. The molecule has 1 amide bonds. The van der Waals surface area contributed by atoms with Crippen LogP contribution >= 0.6 is 0 Å². The molecule has 1 spiro atoms. The highest BCUT2D eigenvalue weighted by atomic mass is 32.2. The first-order valence-corrected chi connectivity index (χ1v) is 20.3. The number of hydrogen-bond donors (Lipinski definition) is 1. The molecule has 6 aliphatic rings. The van der Waals surface area contributed by atoms with Crippen molar-refractivity contribution in [1.82, 2.24) is 14.5 Å². The number of nitrogens with zero attached hydrogens (tertiary/aromatic N) is 3. The van der Waals surface area contributed by atoms with Crippen molar-refractivity contribution in [1.29, 1.82) is 0 Å². The average Bonchev–Trinajstić information content (AvgIpc) is 3.22. The van der Waals surface area contributed by atoms with Crippen LogP contribution in [-0.2, 0) is 21.9 Å². The average molecular weight is 673 g/mol. The molecule has 4 aliphatic heterocycles. The number of piperidine rings is 1. The van der Waals surface area contributed by atoms with Crippen molar-refractivity contribution >= 4 is 21.6 Å². The molecule has 8 nitrogen and oxygen atoms in total. The van der Waals surface area contributed by atoms with Crippen molar-refractivity contribution in [2.75, 3.05) is 63.1 Å². The van der Waals surface area contributed by atoms with E-state index in [1.54, 1.807) is 6.07 Å². The highest BCUT2D eigenvalue weighted by Gasteiger charge is 2.44. The SMILES string of the molecule is O=C1NS(=O)(=O)CCCC=CC(CN2CCN3CCCC[C@@H]3C2)C2CCC2CN2CC3(CCCc4ccccc43)COc3ccc1cc32. The maximum absolute atomic E-state index is 13.3. The number of allylic oxidation sites excluding steroid dienone is 1. The number of piperazine rings is 1. The van der Waals surface area contributed by atoms with E-state index in [0.717, 1.165) is 56.9 Å². The first kappa shape index (κ1) is 32.3. The molecule has 2 saturated heterocycles. The summed E-state index contributed by atoms with van der Waals surface area (Å²) in [5.41, 5.74) is 3.95. The number of rotatable bonds is 2. The van der Waals surface area contributed by atoms with E-state index in [-0.39, 0.29) is 11.2 Å². The maximum Gasteiger partial charge on any atom is 0.264 e. The predicted octanol–water partition coefficient (Wildman–Crippen LogP) is 5.38. The van der Waals surface area contributed by atoms with Gasteiger partial charge in [0.1, 0.15) is 5.75 Å². The predicted molar refractivity (Wildman–Crippen MR) is 190 cm³/mol. The van der Waals surface area contributed by atoms with E-state index < -0.39 is 15.9 Å². The molecule has 4 heterocycles. The van der Waals surface area contributed by atoms with E-state index >= 15 is 0 Å². The van der Waals surface area contributed by atoms with Crippen LogP contribution in [0, 0.1) is 17.8 Å². The summed E-state index contributed by atoms with van der Waals surface area (Å²) < 4.78 is 35.0. The minimum atomic E-state index is -3.75. The van der Waals surface area contributed by atoms with Crippen LogP contribution in [0.1, 0.15) is 79.3 Å². The molecule has 258 valence electrons. The quantitative estimate of drug-likeness (QED) is 0.429. The number of amides is 1. The van der Waals surface area contributed by atoms with E-state index in [4.69, 9.17) is 4.74 Å². The number of fused-ring (bicyclic) bond motifs is 5. The number of sulfonamides is 1. The number of ether oxygens (including phenoxy) is 1. The van der Waals surface area contributed by atoms with E-state index in [0.29, 0.717) is 48.8 Å². The fraction of sp³-hybridized carbons (Fsp3) is 0.615. The Hall–Kier alpha value is -2.88. The van der Waals surface area contributed by atoms with Gasteiger partial charge in [0.05, 0.1) is 18.0 Å². The van der Waals surface area contributed by atoms with Gasteiger partial charge in [0.2, 0.25) is 10.0 Å². The third kappa shape index (κ3) is 6.54. The molecule has 48 heavy (non-hydrogen) atoms. The number of carbonyl (C=O) groups is 1. The first-order chi connectivity index (χ1) is 23.4. The van der Waals surface area contributed by atoms with Crippen LogP contribution in [0.25, 0.3) is 0 Å². The molecule has 9 heteroatoms. The Kier molecular flexibility index (Phi) is 9.05. The fourth-order valence-electron chi connectivity index (χ4n) is 9.83. The van der Waals surface area contributed by atoms with Crippen molar-refractivity contribution in [3.05, 3.63) is 71.3 Å². The smallest absolute Gasteiger partial charge is 0.264 e. The van der Waals surface area contributed by atoms with Gasteiger partial charge in [-0.1, -0.05) is 42.8 Å². The molecule has 3 fully saturated rings. The summed E-state index contributed by atoms with van der Waals surface area (Å²) in [6, 6.07) is 15.1. The highest BCUT2D eigenvalue weighted by Crippen LogP contribution is 2.47.